The maximum absolute atomic E-state index is 13.1. The van der Waals surface area contributed by atoms with Crippen molar-refractivity contribution >= 4 is 15.9 Å². The van der Waals surface area contributed by atoms with Gasteiger partial charge in [-0.15, -0.1) is 0 Å². The van der Waals surface area contributed by atoms with Crippen molar-refractivity contribution in [1.82, 2.24) is 9.21 Å². The van der Waals surface area contributed by atoms with Crippen LogP contribution in [0.25, 0.3) is 0 Å². The SMILES string of the molecule is CCC(=O)N1CCN(S(=O)(=O)c2ccccc2)[C@H]1c1ccccc1. The lowest BCUT2D eigenvalue weighted by Crippen LogP contribution is -2.37. The molecule has 1 fully saturated rings. The number of nitrogens with zero attached hydrogens (tertiary/aromatic N) is 2. The Labute approximate surface area is 142 Å². The third-order valence-electron chi connectivity index (χ3n) is 4.20. The molecule has 0 spiro atoms. The van der Waals surface area contributed by atoms with Crippen molar-refractivity contribution in [1.29, 1.82) is 0 Å². The second kappa shape index (κ2) is 6.75. The lowest BCUT2D eigenvalue weighted by Gasteiger charge is -2.30. The molecule has 1 heterocycles. The zero-order valence-electron chi connectivity index (χ0n) is 13.5. The number of amides is 1. The minimum absolute atomic E-state index is 0.0467. The molecule has 5 nitrogen and oxygen atoms in total. The summed E-state index contributed by atoms with van der Waals surface area (Å²) < 4.78 is 27.5. The van der Waals surface area contributed by atoms with Gasteiger partial charge in [0, 0.05) is 19.5 Å². The van der Waals surface area contributed by atoms with Crippen molar-refractivity contribution < 1.29 is 13.2 Å². The highest BCUT2D eigenvalue weighted by Crippen LogP contribution is 2.35. The van der Waals surface area contributed by atoms with Gasteiger partial charge >= 0.3 is 0 Å². The molecule has 1 amide bonds. The number of rotatable bonds is 4. The molecule has 126 valence electrons. The number of sulfonamides is 1. The van der Waals surface area contributed by atoms with Crippen molar-refractivity contribution in [2.45, 2.75) is 24.4 Å². The third-order valence-corrected chi connectivity index (χ3v) is 6.07. The van der Waals surface area contributed by atoms with Crippen LogP contribution in [0.4, 0.5) is 0 Å². The predicted molar refractivity (Wildman–Crippen MR) is 91.5 cm³/mol. The van der Waals surface area contributed by atoms with Gasteiger partial charge in [0.2, 0.25) is 15.9 Å². The average molecular weight is 344 g/mol. The molecule has 1 atom stereocenters. The first kappa shape index (κ1) is 16.7. The minimum Gasteiger partial charge on any atom is -0.320 e. The standard InChI is InChI=1S/C18H20N2O3S/c1-2-17(21)19-13-14-20(18(19)15-9-5-3-6-10-15)24(22,23)16-11-7-4-8-12-16/h3-12,18H,2,13-14H2,1H3/t18-/m0/s1. The van der Waals surface area contributed by atoms with Crippen LogP contribution in [0.1, 0.15) is 25.1 Å². The van der Waals surface area contributed by atoms with Crippen LogP contribution >= 0.6 is 0 Å². The van der Waals surface area contributed by atoms with Crippen LogP contribution in [0.2, 0.25) is 0 Å². The van der Waals surface area contributed by atoms with Crippen molar-refractivity contribution in [2.75, 3.05) is 13.1 Å². The van der Waals surface area contributed by atoms with E-state index in [1.807, 2.05) is 30.3 Å². The van der Waals surface area contributed by atoms with Crippen molar-refractivity contribution in [3.8, 4) is 0 Å². The first-order valence-electron chi connectivity index (χ1n) is 7.97. The van der Waals surface area contributed by atoms with Gasteiger partial charge < -0.3 is 4.90 Å². The van der Waals surface area contributed by atoms with Gasteiger partial charge in [0.15, 0.2) is 0 Å². The van der Waals surface area contributed by atoms with Crippen LogP contribution in [0.5, 0.6) is 0 Å². The summed E-state index contributed by atoms with van der Waals surface area (Å²) in [6.45, 7) is 2.49. The largest absolute Gasteiger partial charge is 0.320 e. The van der Waals surface area contributed by atoms with E-state index >= 15 is 0 Å². The summed E-state index contributed by atoms with van der Waals surface area (Å²) in [6, 6.07) is 17.7. The molecule has 2 aromatic carbocycles. The van der Waals surface area contributed by atoms with E-state index < -0.39 is 16.2 Å². The quantitative estimate of drug-likeness (QED) is 0.857. The van der Waals surface area contributed by atoms with E-state index in [4.69, 9.17) is 0 Å². The second-order valence-corrected chi connectivity index (χ2v) is 7.54. The Morgan fingerprint density at radius 1 is 1.00 bits per heavy atom. The lowest BCUT2D eigenvalue weighted by molar-refractivity contribution is -0.132. The zero-order chi connectivity index (χ0) is 17.2. The summed E-state index contributed by atoms with van der Waals surface area (Å²) in [5.41, 5.74) is 0.802. The highest BCUT2D eigenvalue weighted by molar-refractivity contribution is 7.89. The predicted octanol–water partition coefficient (Wildman–Crippen LogP) is 2.63. The fraction of sp³-hybridized carbons (Fsp3) is 0.278. The Hall–Kier alpha value is -2.18. The van der Waals surface area contributed by atoms with Crippen LogP contribution in [0.3, 0.4) is 0 Å². The molecule has 0 unspecified atom stereocenters. The molecule has 6 heteroatoms. The summed E-state index contributed by atoms with van der Waals surface area (Å²) in [7, 11) is -3.67. The Bertz CT molecular complexity index is 807. The molecule has 0 bridgehead atoms. The molecule has 0 saturated carbocycles. The summed E-state index contributed by atoms with van der Waals surface area (Å²) in [5.74, 6) is -0.0467. The Morgan fingerprint density at radius 3 is 2.17 bits per heavy atom. The summed E-state index contributed by atoms with van der Waals surface area (Å²) >= 11 is 0. The maximum atomic E-state index is 13.1. The van der Waals surface area contributed by atoms with Crippen LogP contribution in [0.15, 0.2) is 65.6 Å². The van der Waals surface area contributed by atoms with Crippen LogP contribution in [0, 0.1) is 0 Å². The minimum atomic E-state index is -3.67. The second-order valence-electron chi connectivity index (χ2n) is 5.65. The monoisotopic (exact) mass is 344 g/mol. The van der Waals surface area contributed by atoms with Gasteiger partial charge in [0.25, 0.3) is 0 Å². The van der Waals surface area contributed by atoms with E-state index in [1.54, 1.807) is 42.2 Å². The van der Waals surface area contributed by atoms with Crippen molar-refractivity contribution in [2.24, 2.45) is 0 Å². The Kier molecular flexibility index (Phi) is 4.69. The number of hydrogen-bond acceptors (Lipinski definition) is 3. The number of carbonyl (C=O) groups excluding carboxylic acids is 1. The Morgan fingerprint density at radius 2 is 1.58 bits per heavy atom. The van der Waals surface area contributed by atoms with Gasteiger partial charge in [-0.1, -0.05) is 55.5 Å². The molecule has 0 N–H and O–H groups in total. The van der Waals surface area contributed by atoms with E-state index in [2.05, 4.69) is 0 Å². The molecule has 24 heavy (non-hydrogen) atoms. The number of carbonyl (C=O) groups is 1. The van der Waals surface area contributed by atoms with Crippen molar-refractivity contribution in [3.05, 3.63) is 66.2 Å². The molecule has 0 radical (unpaired) electrons. The highest BCUT2D eigenvalue weighted by Gasteiger charge is 2.42. The molecule has 2 aromatic rings. The van der Waals surface area contributed by atoms with Gasteiger partial charge in [-0.25, -0.2) is 8.42 Å². The fourth-order valence-electron chi connectivity index (χ4n) is 3.02. The third kappa shape index (κ3) is 2.95. The van der Waals surface area contributed by atoms with E-state index in [-0.39, 0.29) is 10.8 Å². The molecule has 1 aliphatic heterocycles. The van der Waals surface area contributed by atoms with Gasteiger partial charge in [-0.2, -0.15) is 4.31 Å². The maximum Gasteiger partial charge on any atom is 0.245 e. The average Bonchev–Trinajstić information content (AvgIpc) is 3.08. The first-order valence-corrected chi connectivity index (χ1v) is 9.41. The molecule has 1 saturated heterocycles. The van der Waals surface area contributed by atoms with E-state index in [0.717, 1.165) is 5.56 Å². The van der Waals surface area contributed by atoms with Gasteiger partial charge in [0.1, 0.15) is 6.17 Å². The van der Waals surface area contributed by atoms with Gasteiger partial charge in [-0.05, 0) is 17.7 Å². The highest BCUT2D eigenvalue weighted by atomic mass is 32.2. The first-order chi connectivity index (χ1) is 11.6. The number of hydrogen-bond donors (Lipinski definition) is 0. The molecular formula is C18H20N2O3S. The van der Waals surface area contributed by atoms with Gasteiger partial charge in [0.05, 0.1) is 4.90 Å². The van der Waals surface area contributed by atoms with Crippen LogP contribution in [-0.4, -0.2) is 36.6 Å². The summed E-state index contributed by atoms with van der Waals surface area (Å²) in [6.07, 6.45) is -0.244. The molecule has 3 rings (SSSR count). The van der Waals surface area contributed by atoms with Crippen LogP contribution in [-0.2, 0) is 14.8 Å². The normalized spacial score (nSPS) is 18.7. The Balaban J connectivity index is 2.05. The molecule has 1 aliphatic rings. The molecule has 0 aromatic heterocycles. The summed E-state index contributed by atoms with van der Waals surface area (Å²) in [5, 5.41) is 0. The zero-order valence-corrected chi connectivity index (χ0v) is 14.3. The van der Waals surface area contributed by atoms with E-state index in [1.165, 1.54) is 4.31 Å². The lowest BCUT2D eigenvalue weighted by atomic mass is 10.1. The molecular weight excluding hydrogens is 324 g/mol. The molecule has 0 aliphatic carbocycles. The summed E-state index contributed by atoms with van der Waals surface area (Å²) in [4.78, 5) is 14.2. The fourth-order valence-corrected chi connectivity index (χ4v) is 4.61. The van der Waals surface area contributed by atoms with Crippen molar-refractivity contribution in [3.63, 3.8) is 0 Å². The van der Waals surface area contributed by atoms with E-state index in [9.17, 15) is 13.2 Å². The van der Waals surface area contributed by atoms with Crippen LogP contribution < -0.4 is 0 Å². The smallest absolute Gasteiger partial charge is 0.245 e. The number of benzene rings is 2. The van der Waals surface area contributed by atoms with Gasteiger partial charge in [-0.3, -0.25) is 4.79 Å². The van der Waals surface area contributed by atoms with E-state index in [0.29, 0.717) is 19.5 Å². The topological polar surface area (TPSA) is 57.7 Å².